The predicted octanol–water partition coefficient (Wildman–Crippen LogP) is 2.90. The van der Waals surface area contributed by atoms with Gasteiger partial charge >= 0.3 is 0 Å². The second kappa shape index (κ2) is 9.65. The van der Waals surface area contributed by atoms with Gasteiger partial charge in [0.2, 0.25) is 15.9 Å². The summed E-state index contributed by atoms with van der Waals surface area (Å²) in [5, 5.41) is 0. The highest BCUT2D eigenvalue weighted by molar-refractivity contribution is 7.89. The number of ether oxygens (including phenoxy) is 2. The molecule has 0 aliphatic carbocycles. The molecule has 168 valence electrons. The third kappa shape index (κ3) is 4.99. The first-order valence-corrected chi connectivity index (χ1v) is 11.4. The van der Waals surface area contributed by atoms with E-state index in [9.17, 15) is 17.6 Å². The van der Waals surface area contributed by atoms with Crippen molar-refractivity contribution in [1.82, 2.24) is 9.21 Å². The van der Waals surface area contributed by atoms with Crippen molar-refractivity contribution in [2.75, 3.05) is 34.4 Å². The number of sulfonamides is 1. The number of methoxy groups -OCH3 is 2. The lowest BCUT2D eigenvalue weighted by molar-refractivity contribution is -0.135. The van der Waals surface area contributed by atoms with Gasteiger partial charge < -0.3 is 14.4 Å². The molecule has 2 aromatic carbocycles. The van der Waals surface area contributed by atoms with E-state index in [1.54, 1.807) is 37.4 Å². The lowest BCUT2D eigenvalue weighted by Crippen LogP contribution is -2.45. The molecule has 0 N–H and O–H groups in total. The van der Waals surface area contributed by atoms with Crippen molar-refractivity contribution in [3.05, 3.63) is 53.8 Å². The molecule has 0 unspecified atom stereocenters. The Hall–Kier alpha value is -2.65. The van der Waals surface area contributed by atoms with Crippen LogP contribution in [-0.4, -0.2) is 57.9 Å². The molecule has 3 rings (SSSR count). The number of carbonyl (C=O) groups is 1. The van der Waals surface area contributed by atoms with Crippen molar-refractivity contribution in [1.29, 1.82) is 0 Å². The van der Waals surface area contributed by atoms with Gasteiger partial charge in [-0.3, -0.25) is 4.79 Å². The van der Waals surface area contributed by atoms with Gasteiger partial charge in [-0.05, 0) is 31.0 Å². The Labute approximate surface area is 182 Å². The van der Waals surface area contributed by atoms with Gasteiger partial charge in [0.1, 0.15) is 22.2 Å². The molecule has 0 bridgehead atoms. The fourth-order valence-corrected chi connectivity index (χ4v) is 5.45. The molecule has 1 atom stereocenters. The summed E-state index contributed by atoms with van der Waals surface area (Å²) in [6.07, 6.45) is 1.12. The van der Waals surface area contributed by atoms with Gasteiger partial charge in [0, 0.05) is 38.3 Å². The van der Waals surface area contributed by atoms with Crippen molar-refractivity contribution < 1.29 is 27.1 Å². The molecule has 1 aliphatic heterocycles. The van der Waals surface area contributed by atoms with Crippen LogP contribution in [-0.2, 0) is 21.4 Å². The van der Waals surface area contributed by atoms with Crippen LogP contribution in [0.4, 0.5) is 4.39 Å². The summed E-state index contributed by atoms with van der Waals surface area (Å²) in [6.45, 7) is 0.491. The summed E-state index contributed by atoms with van der Waals surface area (Å²) in [7, 11) is 0.568. The highest BCUT2D eigenvalue weighted by Crippen LogP contribution is 2.33. The van der Waals surface area contributed by atoms with E-state index < -0.39 is 15.9 Å². The second-order valence-corrected chi connectivity index (χ2v) is 9.41. The maximum absolute atomic E-state index is 13.9. The van der Waals surface area contributed by atoms with Crippen molar-refractivity contribution in [3.8, 4) is 11.5 Å². The molecule has 1 aliphatic rings. The Morgan fingerprint density at radius 3 is 2.61 bits per heavy atom. The molecule has 0 radical (unpaired) electrons. The zero-order valence-corrected chi connectivity index (χ0v) is 18.7. The van der Waals surface area contributed by atoms with E-state index >= 15 is 0 Å². The van der Waals surface area contributed by atoms with E-state index in [1.165, 1.54) is 35.6 Å². The zero-order valence-electron chi connectivity index (χ0n) is 17.9. The quantitative estimate of drug-likeness (QED) is 0.648. The predicted molar refractivity (Wildman–Crippen MR) is 114 cm³/mol. The minimum Gasteiger partial charge on any atom is -0.497 e. The SMILES string of the molecule is COc1ccc(OC)c(S(=O)(=O)N2CCC[C@@H](C(=O)N(C)Cc3ccccc3F)C2)c1. The van der Waals surface area contributed by atoms with Gasteiger partial charge in [-0.15, -0.1) is 0 Å². The number of benzene rings is 2. The van der Waals surface area contributed by atoms with Crippen molar-refractivity contribution >= 4 is 15.9 Å². The number of amides is 1. The Bertz CT molecular complexity index is 1040. The van der Waals surface area contributed by atoms with Crippen molar-refractivity contribution in [2.45, 2.75) is 24.3 Å². The molecule has 2 aromatic rings. The standard InChI is InChI=1S/C22H27FN2O5S/c1-24(14-16-7-4-5-9-19(16)23)22(26)17-8-6-12-25(15-17)31(27,28)21-13-18(29-2)10-11-20(21)30-3/h4-5,7,9-11,13,17H,6,8,12,14-15H2,1-3H3/t17-/m1/s1. The molecule has 1 fully saturated rings. The van der Waals surface area contributed by atoms with Crippen LogP contribution >= 0.6 is 0 Å². The number of piperidine rings is 1. The third-order valence-electron chi connectivity index (χ3n) is 5.46. The highest BCUT2D eigenvalue weighted by Gasteiger charge is 2.36. The highest BCUT2D eigenvalue weighted by atomic mass is 32.2. The molecule has 0 saturated carbocycles. The first-order valence-electron chi connectivity index (χ1n) is 9.98. The molecule has 0 spiro atoms. The second-order valence-electron chi connectivity index (χ2n) is 7.50. The summed E-state index contributed by atoms with van der Waals surface area (Å²) >= 11 is 0. The van der Waals surface area contributed by atoms with Crippen LogP contribution < -0.4 is 9.47 Å². The Balaban J connectivity index is 1.78. The topological polar surface area (TPSA) is 76.1 Å². The monoisotopic (exact) mass is 450 g/mol. The molecule has 1 heterocycles. The molecule has 1 amide bonds. The van der Waals surface area contributed by atoms with E-state index in [4.69, 9.17) is 9.47 Å². The van der Waals surface area contributed by atoms with Gasteiger partial charge in [0.05, 0.1) is 20.1 Å². The average molecular weight is 451 g/mol. The van der Waals surface area contributed by atoms with Gasteiger partial charge in [-0.25, -0.2) is 12.8 Å². The molecule has 31 heavy (non-hydrogen) atoms. The molecule has 9 heteroatoms. The van der Waals surface area contributed by atoms with Crippen LogP contribution in [0.15, 0.2) is 47.4 Å². The average Bonchev–Trinajstić information content (AvgIpc) is 2.79. The van der Waals surface area contributed by atoms with Crippen molar-refractivity contribution in [2.24, 2.45) is 5.92 Å². The first kappa shape index (κ1) is 23.0. The smallest absolute Gasteiger partial charge is 0.246 e. The number of hydrogen-bond acceptors (Lipinski definition) is 5. The first-order chi connectivity index (χ1) is 14.8. The molecule has 7 nitrogen and oxygen atoms in total. The lowest BCUT2D eigenvalue weighted by Gasteiger charge is -2.33. The van der Waals surface area contributed by atoms with Crippen LogP contribution in [0.3, 0.4) is 0 Å². The number of rotatable bonds is 7. The van der Waals surface area contributed by atoms with Gasteiger partial charge in [-0.1, -0.05) is 18.2 Å². The third-order valence-corrected chi connectivity index (χ3v) is 7.35. The van der Waals surface area contributed by atoms with E-state index in [-0.39, 0.29) is 35.5 Å². The van der Waals surface area contributed by atoms with Gasteiger partial charge in [0.15, 0.2) is 0 Å². The summed E-state index contributed by atoms with van der Waals surface area (Å²) < 4.78 is 52.3. The summed E-state index contributed by atoms with van der Waals surface area (Å²) in [5.41, 5.74) is 0.416. The van der Waals surface area contributed by atoms with Gasteiger partial charge in [0.25, 0.3) is 0 Å². The van der Waals surface area contributed by atoms with E-state index in [0.29, 0.717) is 30.7 Å². The summed E-state index contributed by atoms with van der Waals surface area (Å²) in [4.78, 5) is 14.4. The molecular weight excluding hydrogens is 423 g/mol. The zero-order chi connectivity index (χ0) is 22.6. The maximum Gasteiger partial charge on any atom is 0.246 e. The number of halogens is 1. The Morgan fingerprint density at radius 1 is 1.19 bits per heavy atom. The van der Waals surface area contributed by atoms with E-state index in [1.807, 2.05) is 0 Å². The van der Waals surface area contributed by atoms with Crippen LogP contribution in [0.1, 0.15) is 18.4 Å². The number of hydrogen-bond donors (Lipinski definition) is 0. The van der Waals surface area contributed by atoms with Crippen LogP contribution in [0.5, 0.6) is 11.5 Å². The normalized spacial score (nSPS) is 17.2. The summed E-state index contributed by atoms with van der Waals surface area (Å²) in [5.74, 6) is -0.475. The van der Waals surface area contributed by atoms with Crippen molar-refractivity contribution in [3.63, 3.8) is 0 Å². The van der Waals surface area contributed by atoms with Gasteiger partial charge in [-0.2, -0.15) is 4.31 Å². The minimum absolute atomic E-state index is 0.00200. The van der Waals surface area contributed by atoms with Crippen LogP contribution in [0, 0.1) is 11.7 Å². The summed E-state index contributed by atoms with van der Waals surface area (Å²) in [6, 6.07) is 10.9. The van der Waals surface area contributed by atoms with Crippen LogP contribution in [0.25, 0.3) is 0 Å². The number of nitrogens with zero attached hydrogens (tertiary/aromatic N) is 2. The Morgan fingerprint density at radius 2 is 1.94 bits per heavy atom. The fourth-order valence-electron chi connectivity index (χ4n) is 3.76. The number of carbonyl (C=O) groups excluding carboxylic acids is 1. The Kier molecular flexibility index (Phi) is 7.17. The minimum atomic E-state index is -3.90. The van der Waals surface area contributed by atoms with Crippen LogP contribution in [0.2, 0.25) is 0 Å². The van der Waals surface area contributed by atoms with E-state index in [0.717, 1.165) is 0 Å². The fraction of sp³-hybridized carbons (Fsp3) is 0.409. The largest absolute Gasteiger partial charge is 0.497 e. The molecule has 0 aromatic heterocycles. The lowest BCUT2D eigenvalue weighted by atomic mass is 9.98. The maximum atomic E-state index is 13.9. The molecule has 1 saturated heterocycles. The van der Waals surface area contributed by atoms with E-state index in [2.05, 4.69) is 0 Å². The molecular formula is C22H27FN2O5S.